The molecule has 0 bridgehead atoms. The van der Waals surface area contributed by atoms with E-state index in [2.05, 4.69) is 82.5 Å². The van der Waals surface area contributed by atoms with Gasteiger partial charge in [0.1, 0.15) is 0 Å². The monoisotopic (exact) mass is 647 g/mol. The zero-order chi connectivity index (χ0) is 33.2. The molecule has 1 heterocycles. The third kappa shape index (κ3) is 10.7. The van der Waals surface area contributed by atoms with Crippen LogP contribution in [0, 0.1) is 10.8 Å². The molecule has 5 rings (SSSR count). The average molecular weight is 649 g/mol. The molecule has 5 aromatic rings. The van der Waals surface area contributed by atoms with Gasteiger partial charge in [-0.05, 0) is 79.3 Å². The van der Waals surface area contributed by atoms with E-state index in [1.807, 2.05) is 50.2 Å². The van der Waals surface area contributed by atoms with E-state index in [0.717, 1.165) is 43.1 Å². The normalized spacial score (nSPS) is 11.5. The highest BCUT2D eigenvalue weighted by Gasteiger charge is 2.15. The lowest BCUT2D eigenvalue weighted by Gasteiger charge is -2.16. The first-order chi connectivity index (χ1) is 21.3. The molecule has 4 aromatic carbocycles. The van der Waals surface area contributed by atoms with Crippen molar-refractivity contribution in [1.29, 1.82) is 0 Å². The smallest absolute Gasteiger partial charge is 0.194 e. The molecule has 1 aromatic heterocycles. The summed E-state index contributed by atoms with van der Waals surface area (Å²) in [5, 5.41) is 3.29. The Balaban J connectivity index is 0.000000287. The van der Waals surface area contributed by atoms with Crippen LogP contribution in [0.4, 0.5) is 0 Å². The molecular weight excluding hydrogens is 601 g/mol. The zero-order valence-corrected chi connectivity index (χ0v) is 29.4. The Hall–Kier alpha value is -3.15. The van der Waals surface area contributed by atoms with Crippen LogP contribution in [0.1, 0.15) is 71.3 Å². The highest BCUT2D eigenvalue weighted by molar-refractivity contribution is 6.36. The van der Waals surface area contributed by atoms with Crippen LogP contribution in [0.5, 0.6) is 0 Å². The number of rotatable bonds is 7. The van der Waals surface area contributed by atoms with Crippen molar-refractivity contribution in [3.63, 3.8) is 0 Å². The minimum atomic E-state index is -0.147. The van der Waals surface area contributed by atoms with Crippen molar-refractivity contribution >= 4 is 50.8 Å². The molecule has 240 valence electrons. The lowest BCUT2D eigenvalue weighted by molar-refractivity contribution is 0.0805. The molecule has 0 fully saturated rings. The van der Waals surface area contributed by atoms with Gasteiger partial charge in [-0.25, -0.2) is 0 Å². The van der Waals surface area contributed by atoms with Gasteiger partial charge in [-0.2, -0.15) is 0 Å². The molecule has 45 heavy (non-hydrogen) atoms. The molecule has 0 aliphatic carbocycles. The summed E-state index contributed by atoms with van der Waals surface area (Å²) in [7, 11) is 0. The van der Waals surface area contributed by atoms with Crippen LogP contribution in [0.15, 0.2) is 91.0 Å². The fourth-order valence-electron chi connectivity index (χ4n) is 4.61. The summed E-state index contributed by atoms with van der Waals surface area (Å²) in [6, 6.07) is 29.2. The van der Waals surface area contributed by atoms with Gasteiger partial charge < -0.3 is 14.0 Å². The molecule has 0 aliphatic heterocycles. The molecule has 6 heteroatoms. The van der Waals surface area contributed by atoms with Crippen LogP contribution < -0.4 is 0 Å². The van der Waals surface area contributed by atoms with Gasteiger partial charge in [0.2, 0.25) is 0 Å². The number of hydrogen-bond donors (Lipinski definition) is 0. The molecule has 0 spiro atoms. The number of hydrogen-bond acceptors (Lipinski definition) is 3. The molecule has 0 radical (unpaired) electrons. The van der Waals surface area contributed by atoms with E-state index >= 15 is 0 Å². The first-order valence-electron chi connectivity index (χ1n) is 15.5. The number of benzene rings is 4. The van der Waals surface area contributed by atoms with Crippen molar-refractivity contribution in [3.8, 4) is 5.69 Å². The van der Waals surface area contributed by atoms with E-state index in [1.54, 1.807) is 18.2 Å². The minimum Gasteiger partial charge on any atom is -0.381 e. The van der Waals surface area contributed by atoms with Crippen molar-refractivity contribution in [2.75, 3.05) is 26.4 Å². The van der Waals surface area contributed by atoms with Gasteiger partial charge in [0.15, 0.2) is 5.78 Å². The van der Waals surface area contributed by atoms with E-state index in [4.69, 9.17) is 32.7 Å². The molecular formula is C39H47Cl2NO3. The van der Waals surface area contributed by atoms with Gasteiger partial charge in [-0.1, -0.05) is 101 Å². The third-order valence-corrected chi connectivity index (χ3v) is 7.18. The van der Waals surface area contributed by atoms with Crippen molar-refractivity contribution in [1.82, 2.24) is 4.57 Å². The highest BCUT2D eigenvalue weighted by Crippen LogP contribution is 2.32. The second-order valence-electron chi connectivity index (χ2n) is 13.3. The maximum atomic E-state index is 12.9. The van der Waals surface area contributed by atoms with Gasteiger partial charge in [-0.3, -0.25) is 4.79 Å². The fourth-order valence-corrected chi connectivity index (χ4v) is 4.98. The van der Waals surface area contributed by atoms with E-state index in [0.29, 0.717) is 32.0 Å². The lowest BCUT2D eigenvalue weighted by atomic mass is 9.99. The number of halogens is 2. The molecule has 0 saturated carbocycles. The van der Waals surface area contributed by atoms with Crippen LogP contribution in [0.2, 0.25) is 10.0 Å². The van der Waals surface area contributed by atoms with Crippen LogP contribution in [-0.2, 0) is 9.47 Å². The predicted octanol–water partition coefficient (Wildman–Crippen LogP) is 11.5. The zero-order valence-electron chi connectivity index (χ0n) is 27.9. The Labute approximate surface area is 279 Å². The SMILES string of the molecule is CCOCC(C)(C)C.CCOCC(C)(C)C.O=C(c1ccc(-n2c3ccccc3c3ccccc32)cc1)c1cc(Cl)ccc1Cl. The van der Waals surface area contributed by atoms with E-state index < -0.39 is 0 Å². The molecule has 0 saturated heterocycles. The van der Waals surface area contributed by atoms with Crippen molar-refractivity contribution in [2.45, 2.75) is 55.4 Å². The predicted molar refractivity (Wildman–Crippen MR) is 193 cm³/mol. The Morgan fingerprint density at radius 2 is 1.13 bits per heavy atom. The Morgan fingerprint density at radius 3 is 1.56 bits per heavy atom. The van der Waals surface area contributed by atoms with Gasteiger partial charge >= 0.3 is 0 Å². The highest BCUT2D eigenvalue weighted by atomic mass is 35.5. The van der Waals surface area contributed by atoms with E-state index in [1.165, 1.54) is 10.8 Å². The quantitative estimate of drug-likeness (QED) is 0.165. The average Bonchev–Trinajstić information content (AvgIpc) is 3.34. The second-order valence-corrected chi connectivity index (χ2v) is 14.1. The van der Waals surface area contributed by atoms with Crippen LogP contribution in [0.3, 0.4) is 0 Å². The molecule has 4 nitrogen and oxygen atoms in total. The Morgan fingerprint density at radius 1 is 0.667 bits per heavy atom. The minimum absolute atomic E-state index is 0.147. The number of carbonyl (C=O) groups is 1. The number of ether oxygens (including phenoxy) is 2. The van der Waals surface area contributed by atoms with Crippen LogP contribution >= 0.6 is 23.2 Å². The van der Waals surface area contributed by atoms with Gasteiger partial charge in [-0.15, -0.1) is 0 Å². The Kier molecular flexibility index (Phi) is 13.3. The molecule has 0 aliphatic rings. The molecule has 0 N–H and O–H groups in total. The maximum Gasteiger partial charge on any atom is 0.194 e. The topological polar surface area (TPSA) is 40.5 Å². The number of aromatic nitrogens is 1. The summed E-state index contributed by atoms with van der Waals surface area (Å²) in [5.74, 6) is -0.147. The fraction of sp³-hybridized carbons (Fsp3) is 0.359. The summed E-state index contributed by atoms with van der Waals surface area (Å²) in [6.07, 6.45) is 0. The first kappa shape index (κ1) is 36.3. The number of para-hydroxylation sites is 2. The third-order valence-electron chi connectivity index (χ3n) is 6.62. The second kappa shape index (κ2) is 16.4. The van der Waals surface area contributed by atoms with Gasteiger partial charge in [0.25, 0.3) is 0 Å². The summed E-state index contributed by atoms with van der Waals surface area (Å²) >= 11 is 12.2. The van der Waals surface area contributed by atoms with Crippen LogP contribution in [0.25, 0.3) is 27.5 Å². The maximum absolute atomic E-state index is 12.9. The number of ketones is 1. The summed E-state index contributed by atoms with van der Waals surface area (Å²) in [6.45, 7) is 20.4. The Bertz CT molecular complexity index is 1600. The number of carbonyl (C=O) groups excluding carboxylic acids is 1. The molecule has 0 atom stereocenters. The summed E-state index contributed by atoms with van der Waals surface area (Å²) in [5.41, 5.74) is 4.89. The lowest BCUT2D eigenvalue weighted by Crippen LogP contribution is -2.14. The van der Waals surface area contributed by atoms with E-state index in [9.17, 15) is 4.79 Å². The first-order valence-corrected chi connectivity index (χ1v) is 16.2. The summed E-state index contributed by atoms with van der Waals surface area (Å²) < 4.78 is 12.6. The summed E-state index contributed by atoms with van der Waals surface area (Å²) in [4.78, 5) is 12.9. The molecule has 0 amide bonds. The van der Waals surface area contributed by atoms with E-state index in [-0.39, 0.29) is 5.78 Å². The van der Waals surface area contributed by atoms with Crippen molar-refractivity contribution < 1.29 is 14.3 Å². The number of fused-ring (bicyclic) bond motifs is 3. The number of nitrogens with zero attached hydrogens (tertiary/aromatic N) is 1. The molecule has 0 unspecified atom stereocenters. The van der Waals surface area contributed by atoms with Crippen LogP contribution in [-0.4, -0.2) is 36.8 Å². The standard InChI is InChI=1S/C25H15Cl2NO.2C7H16O/c26-17-11-14-22(27)21(15-17)25(29)16-9-12-18(13-10-16)28-23-7-3-1-5-19(23)20-6-2-4-8-24(20)28;2*1-5-8-6-7(2,3)4/h1-15H;2*5-6H2,1-4H3. The van der Waals surface area contributed by atoms with Gasteiger partial charge in [0, 0.05) is 45.8 Å². The van der Waals surface area contributed by atoms with Gasteiger partial charge in [0.05, 0.1) is 29.3 Å². The van der Waals surface area contributed by atoms with Crippen molar-refractivity contribution in [3.05, 3.63) is 112 Å². The largest absolute Gasteiger partial charge is 0.381 e. The van der Waals surface area contributed by atoms with Crippen molar-refractivity contribution in [2.24, 2.45) is 10.8 Å².